The van der Waals surface area contributed by atoms with E-state index in [1.165, 1.54) is 30.7 Å². The van der Waals surface area contributed by atoms with Crippen molar-refractivity contribution in [1.29, 1.82) is 0 Å². The summed E-state index contributed by atoms with van der Waals surface area (Å²) in [6.45, 7) is 1.59. The molecule has 0 radical (unpaired) electrons. The molecule has 1 fully saturated rings. The SMILES string of the molecule is COc1cc(F)c(S(=O)(=O)N2CCN(S(=O)(=O)c3ccc(C)cc3)CC2)cc1OC. The molecular formula is C19H23FN2O6S2. The predicted octanol–water partition coefficient (Wildman–Crippen LogP) is 1.85. The highest BCUT2D eigenvalue weighted by molar-refractivity contribution is 7.89. The maximum absolute atomic E-state index is 14.5. The fourth-order valence-electron chi connectivity index (χ4n) is 3.18. The standard InChI is InChI=1S/C19H23FN2O6S2/c1-14-4-6-15(7-5-14)29(23,24)21-8-10-22(11-9-21)30(25,26)19-13-18(28-3)17(27-2)12-16(19)20/h4-7,12-13H,8-11H2,1-3H3. The summed E-state index contributed by atoms with van der Waals surface area (Å²) in [7, 11) is -5.29. The summed E-state index contributed by atoms with van der Waals surface area (Å²) < 4.78 is 78.4. The first-order chi connectivity index (χ1) is 14.1. The lowest BCUT2D eigenvalue weighted by molar-refractivity contribution is 0.272. The molecule has 1 heterocycles. The number of methoxy groups -OCH3 is 2. The Balaban J connectivity index is 1.81. The molecule has 8 nitrogen and oxygen atoms in total. The lowest BCUT2D eigenvalue weighted by atomic mass is 10.2. The third-order valence-electron chi connectivity index (χ3n) is 4.91. The van der Waals surface area contributed by atoms with Crippen molar-refractivity contribution in [3.8, 4) is 11.5 Å². The zero-order valence-electron chi connectivity index (χ0n) is 16.8. The van der Waals surface area contributed by atoms with Crippen LogP contribution in [0.1, 0.15) is 5.56 Å². The van der Waals surface area contributed by atoms with E-state index in [2.05, 4.69) is 0 Å². The van der Waals surface area contributed by atoms with Crippen molar-refractivity contribution in [2.24, 2.45) is 0 Å². The van der Waals surface area contributed by atoms with Crippen LogP contribution in [0, 0.1) is 12.7 Å². The fourth-order valence-corrected chi connectivity index (χ4v) is 6.09. The molecule has 164 valence electrons. The number of benzene rings is 2. The maximum Gasteiger partial charge on any atom is 0.246 e. The van der Waals surface area contributed by atoms with Gasteiger partial charge in [-0.3, -0.25) is 0 Å². The molecule has 3 rings (SSSR count). The van der Waals surface area contributed by atoms with E-state index in [9.17, 15) is 21.2 Å². The summed E-state index contributed by atoms with van der Waals surface area (Å²) in [6.07, 6.45) is 0. The van der Waals surface area contributed by atoms with Crippen LogP contribution in [0.5, 0.6) is 11.5 Å². The zero-order valence-corrected chi connectivity index (χ0v) is 18.5. The monoisotopic (exact) mass is 458 g/mol. The van der Waals surface area contributed by atoms with E-state index < -0.39 is 30.8 Å². The lowest BCUT2D eigenvalue weighted by Gasteiger charge is -2.33. The molecule has 1 aliphatic rings. The van der Waals surface area contributed by atoms with Gasteiger partial charge in [0.2, 0.25) is 20.0 Å². The lowest BCUT2D eigenvalue weighted by Crippen LogP contribution is -2.50. The molecular weight excluding hydrogens is 435 g/mol. The Morgan fingerprint density at radius 2 is 1.27 bits per heavy atom. The number of aryl methyl sites for hydroxylation is 1. The van der Waals surface area contributed by atoms with Gasteiger partial charge < -0.3 is 9.47 Å². The van der Waals surface area contributed by atoms with E-state index in [4.69, 9.17) is 9.47 Å². The average Bonchev–Trinajstić information content (AvgIpc) is 2.73. The Bertz CT molecular complexity index is 1130. The van der Waals surface area contributed by atoms with Gasteiger partial charge in [-0.1, -0.05) is 17.7 Å². The van der Waals surface area contributed by atoms with Gasteiger partial charge in [0.05, 0.1) is 19.1 Å². The van der Waals surface area contributed by atoms with Crippen molar-refractivity contribution in [3.05, 3.63) is 47.8 Å². The van der Waals surface area contributed by atoms with E-state index in [1.54, 1.807) is 12.1 Å². The van der Waals surface area contributed by atoms with Gasteiger partial charge in [-0.2, -0.15) is 8.61 Å². The highest BCUT2D eigenvalue weighted by atomic mass is 32.2. The molecule has 0 bridgehead atoms. The minimum absolute atomic E-state index is 0.0374. The van der Waals surface area contributed by atoms with Crippen LogP contribution in [-0.2, 0) is 20.0 Å². The first kappa shape index (κ1) is 22.5. The zero-order chi connectivity index (χ0) is 22.1. The Morgan fingerprint density at radius 1 is 0.800 bits per heavy atom. The Morgan fingerprint density at radius 3 is 1.77 bits per heavy atom. The minimum atomic E-state index is -4.19. The molecule has 2 aromatic rings. The van der Waals surface area contributed by atoms with Crippen molar-refractivity contribution >= 4 is 20.0 Å². The van der Waals surface area contributed by atoms with Crippen LogP contribution >= 0.6 is 0 Å². The molecule has 11 heteroatoms. The Hall–Kier alpha value is -2.21. The molecule has 2 aromatic carbocycles. The van der Waals surface area contributed by atoms with Gasteiger partial charge in [0.15, 0.2) is 11.5 Å². The largest absolute Gasteiger partial charge is 0.493 e. The second kappa shape index (κ2) is 8.50. The number of hydrogen-bond donors (Lipinski definition) is 0. The third kappa shape index (κ3) is 4.15. The molecule has 0 amide bonds. The topological polar surface area (TPSA) is 93.2 Å². The predicted molar refractivity (Wildman–Crippen MR) is 108 cm³/mol. The molecule has 0 unspecified atom stereocenters. The molecule has 0 saturated carbocycles. The van der Waals surface area contributed by atoms with Crippen molar-refractivity contribution in [2.45, 2.75) is 16.7 Å². The molecule has 0 atom stereocenters. The average molecular weight is 459 g/mol. The van der Waals surface area contributed by atoms with E-state index in [-0.39, 0.29) is 42.6 Å². The number of piperazine rings is 1. The van der Waals surface area contributed by atoms with Gasteiger partial charge in [0.1, 0.15) is 10.7 Å². The Labute approximate surface area is 175 Å². The van der Waals surface area contributed by atoms with Gasteiger partial charge in [0.25, 0.3) is 0 Å². The molecule has 1 saturated heterocycles. The van der Waals surface area contributed by atoms with Crippen molar-refractivity contribution < 1.29 is 30.7 Å². The second-order valence-electron chi connectivity index (χ2n) is 6.76. The summed E-state index contributed by atoms with van der Waals surface area (Å²) in [5.41, 5.74) is 0.932. The highest BCUT2D eigenvalue weighted by Gasteiger charge is 2.35. The third-order valence-corrected chi connectivity index (χ3v) is 8.74. The number of rotatable bonds is 6. The van der Waals surface area contributed by atoms with Crippen LogP contribution in [-0.4, -0.2) is 65.8 Å². The van der Waals surface area contributed by atoms with E-state index in [0.29, 0.717) is 0 Å². The first-order valence-electron chi connectivity index (χ1n) is 9.09. The highest BCUT2D eigenvalue weighted by Crippen LogP contribution is 2.33. The summed E-state index contributed by atoms with van der Waals surface area (Å²) in [6, 6.07) is 8.46. The first-order valence-corrected chi connectivity index (χ1v) is 12.0. The van der Waals surface area contributed by atoms with E-state index >= 15 is 0 Å². The summed E-state index contributed by atoms with van der Waals surface area (Å²) in [5.74, 6) is -0.816. The van der Waals surface area contributed by atoms with Crippen LogP contribution in [0.3, 0.4) is 0 Å². The summed E-state index contributed by atoms with van der Waals surface area (Å²) >= 11 is 0. The number of nitrogens with zero attached hydrogens (tertiary/aromatic N) is 2. The molecule has 0 aromatic heterocycles. The van der Waals surface area contributed by atoms with Gasteiger partial charge in [-0.25, -0.2) is 21.2 Å². The number of hydrogen-bond acceptors (Lipinski definition) is 6. The molecule has 0 aliphatic carbocycles. The minimum Gasteiger partial charge on any atom is -0.493 e. The van der Waals surface area contributed by atoms with Gasteiger partial charge in [0, 0.05) is 38.3 Å². The van der Waals surface area contributed by atoms with Crippen LogP contribution < -0.4 is 9.47 Å². The molecule has 0 spiro atoms. The molecule has 1 aliphatic heterocycles. The van der Waals surface area contributed by atoms with Gasteiger partial charge in [-0.15, -0.1) is 0 Å². The Kier molecular flexibility index (Phi) is 6.37. The van der Waals surface area contributed by atoms with Gasteiger partial charge >= 0.3 is 0 Å². The van der Waals surface area contributed by atoms with Crippen molar-refractivity contribution in [1.82, 2.24) is 8.61 Å². The van der Waals surface area contributed by atoms with Crippen LogP contribution in [0.2, 0.25) is 0 Å². The maximum atomic E-state index is 14.5. The quantitative estimate of drug-likeness (QED) is 0.656. The normalized spacial score (nSPS) is 16.4. The van der Waals surface area contributed by atoms with E-state index in [0.717, 1.165) is 22.0 Å². The number of ether oxygens (including phenoxy) is 2. The van der Waals surface area contributed by atoms with Gasteiger partial charge in [-0.05, 0) is 19.1 Å². The van der Waals surface area contributed by atoms with Crippen LogP contribution in [0.4, 0.5) is 4.39 Å². The molecule has 0 N–H and O–H groups in total. The molecule has 30 heavy (non-hydrogen) atoms. The number of sulfonamides is 2. The number of halogens is 1. The van der Waals surface area contributed by atoms with Crippen LogP contribution in [0.15, 0.2) is 46.2 Å². The smallest absolute Gasteiger partial charge is 0.246 e. The summed E-state index contributed by atoms with van der Waals surface area (Å²) in [5, 5.41) is 0. The van der Waals surface area contributed by atoms with E-state index in [1.807, 2.05) is 6.92 Å². The van der Waals surface area contributed by atoms with Crippen LogP contribution in [0.25, 0.3) is 0 Å². The summed E-state index contributed by atoms with van der Waals surface area (Å²) in [4.78, 5) is -0.398. The fraction of sp³-hybridized carbons (Fsp3) is 0.368. The van der Waals surface area contributed by atoms with Crippen molar-refractivity contribution in [3.63, 3.8) is 0 Å². The second-order valence-corrected chi connectivity index (χ2v) is 10.6. The van der Waals surface area contributed by atoms with Crippen molar-refractivity contribution in [2.75, 3.05) is 40.4 Å².